The molecular weight excluding hydrogens is 478 g/mol. The van der Waals surface area contributed by atoms with Crippen molar-refractivity contribution in [1.29, 1.82) is 0 Å². The van der Waals surface area contributed by atoms with Crippen molar-refractivity contribution in [1.82, 2.24) is 15.5 Å². The van der Waals surface area contributed by atoms with Gasteiger partial charge in [-0.25, -0.2) is 4.79 Å². The molecule has 0 aromatic heterocycles. The molecule has 10 nitrogen and oxygen atoms in total. The molecule has 0 bridgehead atoms. The summed E-state index contributed by atoms with van der Waals surface area (Å²) in [5.74, 6) is -1.80. The number of alkyl carbamates (subject to hydrolysis) is 1. The number of benzene rings is 1. The Bertz CT molecular complexity index is 983. The number of methoxy groups -OCH3 is 1. The van der Waals surface area contributed by atoms with E-state index in [1.165, 1.54) is 12.0 Å². The number of aromatic hydroxyl groups is 1. The second-order valence-electron chi connectivity index (χ2n) is 10.9. The predicted octanol–water partition coefficient (Wildman–Crippen LogP) is 3.35. The Morgan fingerprint density at radius 2 is 1.81 bits per heavy atom. The average Bonchev–Trinajstić information content (AvgIpc) is 2.75. The van der Waals surface area contributed by atoms with Crippen LogP contribution in [0.25, 0.3) is 0 Å². The monoisotopic (exact) mass is 519 g/mol. The number of esters is 1. The number of para-hydroxylation sites is 1. The van der Waals surface area contributed by atoms with Crippen LogP contribution in [0.15, 0.2) is 18.2 Å². The van der Waals surface area contributed by atoms with Crippen LogP contribution in [0.3, 0.4) is 0 Å². The molecule has 37 heavy (non-hydrogen) atoms. The van der Waals surface area contributed by atoms with Crippen molar-refractivity contribution >= 4 is 23.9 Å². The Hall–Kier alpha value is -3.30. The van der Waals surface area contributed by atoms with Crippen molar-refractivity contribution in [3.05, 3.63) is 29.3 Å². The second-order valence-corrected chi connectivity index (χ2v) is 10.9. The zero-order chi connectivity index (χ0) is 27.9. The number of hydrogen-bond acceptors (Lipinski definition) is 7. The minimum absolute atomic E-state index is 0.0473. The second kappa shape index (κ2) is 12.8. The lowest BCUT2D eigenvalue weighted by Crippen LogP contribution is -2.58. The molecule has 0 heterocycles. The van der Waals surface area contributed by atoms with Gasteiger partial charge in [0.15, 0.2) is 0 Å². The molecule has 1 fully saturated rings. The van der Waals surface area contributed by atoms with Crippen LogP contribution in [-0.2, 0) is 23.9 Å². The fourth-order valence-corrected chi connectivity index (χ4v) is 4.15. The van der Waals surface area contributed by atoms with Crippen molar-refractivity contribution in [3.63, 3.8) is 0 Å². The van der Waals surface area contributed by atoms with E-state index in [4.69, 9.17) is 4.74 Å². The van der Waals surface area contributed by atoms with Gasteiger partial charge in [-0.15, -0.1) is 0 Å². The third-order valence-electron chi connectivity index (χ3n) is 6.14. The molecule has 3 N–H and O–H groups in total. The Morgan fingerprint density at radius 3 is 2.32 bits per heavy atom. The Morgan fingerprint density at radius 1 is 1.16 bits per heavy atom. The Kier molecular flexibility index (Phi) is 10.3. The number of ether oxygens (including phenoxy) is 2. The maximum Gasteiger partial charge on any atom is 0.408 e. The number of rotatable bonds is 10. The normalized spacial score (nSPS) is 15.2. The molecule has 1 saturated carbocycles. The van der Waals surface area contributed by atoms with E-state index in [0.29, 0.717) is 24.8 Å². The van der Waals surface area contributed by atoms with Crippen LogP contribution in [0.2, 0.25) is 0 Å². The molecule has 2 unspecified atom stereocenters. The fraction of sp³-hybridized carbons (Fsp3) is 0.630. The number of phenolic OH excluding ortho intramolecular Hbond substituents is 1. The van der Waals surface area contributed by atoms with Crippen LogP contribution in [0.4, 0.5) is 4.79 Å². The van der Waals surface area contributed by atoms with Gasteiger partial charge in [0.05, 0.1) is 7.11 Å². The van der Waals surface area contributed by atoms with Gasteiger partial charge in [-0.2, -0.15) is 0 Å². The summed E-state index contributed by atoms with van der Waals surface area (Å²) in [7, 11) is 1.21. The summed E-state index contributed by atoms with van der Waals surface area (Å²) in [6.07, 6.45) is 1.79. The van der Waals surface area contributed by atoms with Gasteiger partial charge in [-0.05, 0) is 64.9 Å². The molecule has 2 atom stereocenters. The van der Waals surface area contributed by atoms with Gasteiger partial charge in [-0.3, -0.25) is 14.4 Å². The SMILES string of the molecule is COC(=O)CNC(=O)C(c1cccc(C)c1O)N(C(=O)C(CC(C)C)NC(=O)OC(C)(C)C)C1CCC1. The molecule has 1 aliphatic rings. The number of amides is 3. The summed E-state index contributed by atoms with van der Waals surface area (Å²) in [6.45, 7) is 10.4. The highest BCUT2D eigenvalue weighted by Gasteiger charge is 2.43. The Balaban J connectivity index is 2.53. The molecule has 1 aromatic carbocycles. The molecule has 1 aliphatic carbocycles. The minimum Gasteiger partial charge on any atom is -0.507 e. The highest BCUT2D eigenvalue weighted by atomic mass is 16.6. The van der Waals surface area contributed by atoms with Crippen molar-refractivity contribution in [2.45, 2.75) is 91.0 Å². The van der Waals surface area contributed by atoms with Gasteiger partial charge in [0.1, 0.15) is 30.0 Å². The number of nitrogens with one attached hydrogen (secondary N) is 2. The lowest BCUT2D eigenvalue weighted by Gasteiger charge is -2.44. The third-order valence-corrected chi connectivity index (χ3v) is 6.14. The summed E-state index contributed by atoms with van der Waals surface area (Å²) in [4.78, 5) is 53.5. The number of nitrogens with zero attached hydrogens (tertiary/aromatic N) is 1. The first-order valence-electron chi connectivity index (χ1n) is 12.7. The van der Waals surface area contributed by atoms with E-state index in [1.54, 1.807) is 45.9 Å². The Labute approximate surface area is 219 Å². The van der Waals surface area contributed by atoms with Crippen LogP contribution >= 0.6 is 0 Å². The predicted molar refractivity (Wildman–Crippen MR) is 138 cm³/mol. The number of aryl methyl sites for hydroxylation is 1. The van der Waals surface area contributed by atoms with Crippen molar-refractivity contribution in [3.8, 4) is 5.75 Å². The molecular formula is C27H41N3O7. The maximum absolute atomic E-state index is 14.1. The molecule has 1 aromatic rings. The number of carbonyl (C=O) groups excluding carboxylic acids is 4. The van der Waals surface area contributed by atoms with Gasteiger partial charge in [0.25, 0.3) is 0 Å². The molecule has 2 rings (SSSR count). The zero-order valence-electron chi connectivity index (χ0n) is 22.9. The van der Waals surface area contributed by atoms with E-state index < -0.39 is 48.1 Å². The van der Waals surface area contributed by atoms with Crippen LogP contribution in [-0.4, -0.2) is 65.2 Å². The fourth-order valence-electron chi connectivity index (χ4n) is 4.15. The molecule has 10 heteroatoms. The highest BCUT2D eigenvalue weighted by molar-refractivity contribution is 5.94. The van der Waals surface area contributed by atoms with Crippen molar-refractivity contribution < 1.29 is 33.8 Å². The van der Waals surface area contributed by atoms with Gasteiger partial charge in [0, 0.05) is 11.6 Å². The van der Waals surface area contributed by atoms with Crippen LogP contribution < -0.4 is 10.6 Å². The molecule has 0 spiro atoms. The number of carbonyl (C=O) groups is 4. The van der Waals surface area contributed by atoms with Crippen LogP contribution in [0.5, 0.6) is 5.75 Å². The lowest BCUT2D eigenvalue weighted by atomic mass is 9.87. The van der Waals surface area contributed by atoms with Gasteiger partial charge < -0.3 is 30.1 Å². The summed E-state index contributed by atoms with van der Waals surface area (Å²) < 4.78 is 10.0. The largest absolute Gasteiger partial charge is 0.507 e. The van der Waals surface area contributed by atoms with Gasteiger partial charge >= 0.3 is 12.1 Å². The van der Waals surface area contributed by atoms with E-state index in [9.17, 15) is 24.3 Å². The standard InChI is InChI=1S/C27H41N3O7/c1-16(2)14-20(29-26(35)37-27(4,5)6)25(34)30(18-11-9-12-18)22(24(33)28-15-21(31)36-7)19-13-8-10-17(3)23(19)32/h8,10,13,16,18,20,22,32H,9,11-12,14-15H2,1-7H3,(H,28,33)(H,29,35). The van der Waals surface area contributed by atoms with E-state index in [2.05, 4.69) is 15.4 Å². The van der Waals surface area contributed by atoms with Gasteiger partial charge in [-0.1, -0.05) is 32.0 Å². The lowest BCUT2D eigenvalue weighted by molar-refractivity contribution is -0.148. The quantitative estimate of drug-likeness (QED) is 0.404. The van der Waals surface area contributed by atoms with E-state index >= 15 is 0 Å². The third kappa shape index (κ3) is 8.36. The first-order valence-corrected chi connectivity index (χ1v) is 12.7. The van der Waals surface area contributed by atoms with Crippen molar-refractivity contribution in [2.75, 3.05) is 13.7 Å². The number of phenols is 1. The molecule has 206 valence electrons. The maximum atomic E-state index is 14.1. The molecule has 0 radical (unpaired) electrons. The summed E-state index contributed by atoms with van der Waals surface area (Å²) in [6, 6.07) is 2.51. The van der Waals surface area contributed by atoms with Crippen LogP contribution in [0.1, 0.15) is 77.5 Å². The first-order chi connectivity index (χ1) is 17.2. The summed E-state index contributed by atoms with van der Waals surface area (Å²) >= 11 is 0. The van der Waals surface area contributed by atoms with Gasteiger partial charge in [0.2, 0.25) is 11.8 Å². The zero-order valence-corrected chi connectivity index (χ0v) is 22.9. The first kappa shape index (κ1) is 29.9. The average molecular weight is 520 g/mol. The summed E-state index contributed by atoms with van der Waals surface area (Å²) in [5.41, 5.74) is 0.0189. The van der Waals surface area contributed by atoms with E-state index in [-0.39, 0.29) is 23.3 Å². The number of hydrogen-bond donors (Lipinski definition) is 3. The van der Waals surface area contributed by atoms with Crippen LogP contribution in [0, 0.1) is 12.8 Å². The highest BCUT2D eigenvalue weighted by Crippen LogP contribution is 2.38. The molecule has 3 amide bonds. The van der Waals surface area contributed by atoms with Crippen molar-refractivity contribution in [2.24, 2.45) is 5.92 Å². The summed E-state index contributed by atoms with van der Waals surface area (Å²) in [5, 5.41) is 16.1. The smallest absolute Gasteiger partial charge is 0.408 e. The minimum atomic E-state index is -1.22. The molecule has 0 aliphatic heterocycles. The molecule has 0 saturated heterocycles. The van der Waals surface area contributed by atoms with E-state index in [1.807, 2.05) is 13.8 Å². The van der Waals surface area contributed by atoms with E-state index in [0.717, 1.165) is 6.42 Å². The topological polar surface area (TPSA) is 134 Å².